The lowest BCUT2D eigenvalue weighted by molar-refractivity contribution is -0.385. The van der Waals surface area contributed by atoms with Gasteiger partial charge in [0, 0.05) is 30.2 Å². The minimum atomic E-state index is -0.377. The third-order valence-corrected chi connectivity index (χ3v) is 3.85. The summed E-state index contributed by atoms with van der Waals surface area (Å²) in [6.45, 7) is 0.466. The molecule has 3 rings (SSSR count). The second-order valence-electron chi connectivity index (χ2n) is 5.40. The van der Waals surface area contributed by atoms with Crippen LogP contribution in [0.25, 0.3) is 17.0 Å². The van der Waals surface area contributed by atoms with Crippen molar-refractivity contribution < 1.29 is 4.92 Å². The summed E-state index contributed by atoms with van der Waals surface area (Å²) in [4.78, 5) is 15.0. The van der Waals surface area contributed by atoms with Crippen molar-refractivity contribution in [3.63, 3.8) is 0 Å². The number of rotatable bonds is 5. The van der Waals surface area contributed by atoms with Gasteiger partial charge in [-0.3, -0.25) is 15.1 Å². The van der Waals surface area contributed by atoms with E-state index in [1.54, 1.807) is 24.3 Å². The second kappa shape index (κ2) is 6.91. The van der Waals surface area contributed by atoms with Crippen molar-refractivity contribution in [1.82, 2.24) is 4.57 Å². The van der Waals surface area contributed by atoms with E-state index in [0.29, 0.717) is 12.1 Å². The molecule has 0 atom stereocenters. The van der Waals surface area contributed by atoms with Crippen molar-refractivity contribution in [3.05, 3.63) is 82.0 Å². The first-order valence-electron chi connectivity index (χ1n) is 7.61. The molecule has 0 unspecified atom stereocenters. The zero-order valence-electron chi connectivity index (χ0n) is 13.3. The predicted octanol–water partition coefficient (Wildman–Crippen LogP) is 4.22. The molecule has 0 radical (unpaired) electrons. The lowest BCUT2D eigenvalue weighted by atomic mass is 10.1. The molecule has 0 spiro atoms. The highest BCUT2D eigenvalue weighted by Gasteiger charge is 2.08. The number of fused-ring (bicyclic) bond motifs is 1. The number of hydrogen-bond donors (Lipinski definition) is 0. The van der Waals surface area contributed by atoms with Gasteiger partial charge in [-0.25, -0.2) is 0 Å². The van der Waals surface area contributed by atoms with Crippen molar-refractivity contribution in [2.45, 2.75) is 0 Å². The van der Waals surface area contributed by atoms with Crippen LogP contribution in [-0.2, 0) is 7.05 Å². The Bertz CT molecular complexity index is 939. The molecule has 120 valence electrons. The van der Waals surface area contributed by atoms with Gasteiger partial charge in [-0.2, -0.15) is 0 Å². The topological polar surface area (TPSA) is 60.4 Å². The summed E-state index contributed by atoms with van der Waals surface area (Å²) in [6, 6.07) is 16.9. The summed E-state index contributed by atoms with van der Waals surface area (Å²) in [6.07, 6.45) is 5.38. The maximum Gasteiger partial charge on any atom is 0.276 e. The first-order chi connectivity index (χ1) is 11.7. The van der Waals surface area contributed by atoms with Gasteiger partial charge in [-0.05, 0) is 18.2 Å². The highest BCUT2D eigenvalue weighted by atomic mass is 16.6. The van der Waals surface area contributed by atoms with Crippen LogP contribution in [-0.4, -0.2) is 22.2 Å². The highest BCUT2D eigenvalue weighted by Crippen LogP contribution is 2.19. The molecule has 0 fully saturated rings. The lowest BCUT2D eigenvalue weighted by Gasteiger charge is -1.98. The molecular formula is C19H17N3O2. The smallest absolute Gasteiger partial charge is 0.276 e. The van der Waals surface area contributed by atoms with E-state index in [2.05, 4.69) is 27.8 Å². The Labute approximate surface area is 139 Å². The Morgan fingerprint density at radius 1 is 1.17 bits per heavy atom. The number of nitro benzene ring substituents is 1. The Kier molecular flexibility index (Phi) is 4.52. The van der Waals surface area contributed by atoms with E-state index in [0.717, 1.165) is 11.2 Å². The molecule has 0 amide bonds. The van der Waals surface area contributed by atoms with E-state index in [4.69, 9.17) is 0 Å². The fraction of sp³-hybridized carbons (Fsp3) is 0.105. The first-order valence-corrected chi connectivity index (χ1v) is 7.61. The number of para-hydroxylation sites is 2. The minimum Gasteiger partial charge on any atom is -0.343 e. The van der Waals surface area contributed by atoms with Crippen LogP contribution >= 0.6 is 0 Å². The Morgan fingerprint density at radius 2 is 1.92 bits per heavy atom. The largest absolute Gasteiger partial charge is 0.343 e. The van der Waals surface area contributed by atoms with Crippen LogP contribution in [0.1, 0.15) is 11.3 Å². The molecule has 0 saturated carbocycles. The minimum absolute atomic E-state index is 0.103. The van der Waals surface area contributed by atoms with E-state index in [1.165, 1.54) is 11.5 Å². The summed E-state index contributed by atoms with van der Waals surface area (Å²) in [5.74, 6) is 0. The molecule has 24 heavy (non-hydrogen) atoms. The van der Waals surface area contributed by atoms with Crippen LogP contribution in [0, 0.1) is 10.1 Å². The van der Waals surface area contributed by atoms with Gasteiger partial charge in [0.1, 0.15) is 0 Å². The SMILES string of the molecule is Cn1c(C=NC/C=C/c2ccccc2[N+](=O)[O-])cc2ccccc21. The molecule has 5 heteroatoms. The quantitative estimate of drug-likeness (QED) is 0.401. The Balaban J connectivity index is 1.71. The molecule has 1 heterocycles. The summed E-state index contributed by atoms with van der Waals surface area (Å²) in [5, 5.41) is 12.1. The third-order valence-electron chi connectivity index (χ3n) is 3.85. The fourth-order valence-corrected chi connectivity index (χ4v) is 2.62. The molecule has 1 aromatic heterocycles. The molecule has 0 aliphatic carbocycles. The van der Waals surface area contributed by atoms with Crippen LogP contribution in [0.2, 0.25) is 0 Å². The lowest BCUT2D eigenvalue weighted by Crippen LogP contribution is -1.94. The zero-order valence-corrected chi connectivity index (χ0v) is 13.3. The molecule has 3 aromatic rings. The zero-order chi connectivity index (χ0) is 16.9. The normalized spacial score (nSPS) is 11.7. The number of aryl methyl sites for hydroxylation is 1. The van der Waals surface area contributed by atoms with E-state index >= 15 is 0 Å². The molecule has 2 aromatic carbocycles. The maximum absolute atomic E-state index is 11.0. The number of hydrogen-bond acceptors (Lipinski definition) is 3. The highest BCUT2D eigenvalue weighted by molar-refractivity contribution is 5.90. The number of nitro groups is 1. The molecule has 0 N–H and O–H groups in total. The molecular weight excluding hydrogens is 302 g/mol. The summed E-state index contributed by atoms with van der Waals surface area (Å²) in [5.41, 5.74) is 2.87. The van der Waals surface area contributed by atoms with E-state index in [-0.39, 0.29) is 10.6 Å². The Morgan fingerprint density at radius 3 is 2.71 bits per heavy atom. The van der Waals surface area contributed by atoms with Crippen LogP contribution in [0.15, 0.2) is 65.7 Å². The summed E-state index contributed by atoms with van der Waals surface area (Å²) in [7, 11) is 2.01. The average Bonchev–Trinajstić information content (AvgIpc) is 2.91. The number of benzene rings is 2. The number of aliphatic imine (C=N–C) groups is 1. The molecule has 0 saturated heterocycles. The molecule has 0 aliphatic rings. The van der Waals surface area contributed by atoms with Gasteiger partial charge >= 0.3 is 0 Å². The second-order valence-corrected chi connectivity index (χ2v) is 5.40. The monoisotopic (exact) mass is 319 g/mol. The summed E-state index contributed by atoms with van der Waals surface area (Å²) < 4.78 is 2.09. The van der Waals surface area contributed by atoms with E-state index in [1.807, 2.05) is 31.5 Å². The maximum atomic E-state index is 11.0. The van der Waals surface area contributed by atoms with Crippen LogP contribution in [0.5, 0.6) is 0 Å². The van der Waals surface area contributed by atoms with Crippen molar-refractivity contribution in [3.8, 4) is 0 Å². The molecule has 5 nitrogen and oxygen atoms in total. The van der Waals surface area contributed by atoms with Gasteiger partial charge in [0.2, 0.25) is 0 Å². The first kappa shape index (κ1) is 15.7. The molecule has 0 bridgehead atoms. The van der Waals surface area contributed by atoms with Crippen molar-refractivity contribution >= 4 is 28.9 Å². The van der Waals surface area contributed by atoms with Gasteiger partial charge in [0.15, 0.2) is 0 Å². The van der Waals surface area contributed by atoms with Crippen molar-refractivity contribution in [2.75, 3.05) is 6.54 Å². The predicted molar refractivity (Wildman–Crippen MR) is 97.5 cm³/mol. The molecule has 0 aliphatic heterocycles. The van der Waals surface area contributed by atoms with Gasteiger partial charge in [0.25, 0.3) is 5.69 Å². The average molecular weight is 319 g/mol. The standard InChI is InChI=1S/C19H17N3O2/c1-21-17(13-16-8-3-4-10-18(16)21)14-20-12-6-9-15-7-2-5-11-19(15)22(23)24/h2-11,13-14H,12H2,1H3/b9-6+,20-14?. The van der Waals surface area contributed by atoms with Gasteiger partial charge < -0.3 is 4.57 Å². The Hall–Kier alpha value is -3.21. The van der Waals surface area contributed by atoms with Crippen molar-refractivity contribution in [1.29, 1.82) is 0 Å². The number of nitrogens with zero attached hydrogens (tertiary/aromatic N) is 3. The summed E-state index contributed by atoms with van der Waals surface area (Å²) >= 11 is 0. The fourth-order valence-electron chi connectivity index (χ4n) is 2.62. The van der Waals surface area contributed by atoms with Crippen LogP contribution in [0.3, 0.4) is 0 Å². The van der Waals surface area contributed by atoms with E-state index < -0.39 is 0 Å². The van der Waals surface area contributed by atoms with Crippen LogP contribution < -0.4 is 0 Å². The van der Waals surface area contributed by atoms with Gasteiger partial charge in [-0.1, -0.05) is 42.5 Å². The number of aromatic nitrogens is 1. The van der Waals surface area contributed by atoms with Crippen molar-refractivity contribution in [2.24, 2.45) is 12.0 Å². The van der Waals surface area contributed by atoms with Gasteiger partial charge in [0.05, 0.1) is 22.7 Å². The third kappa shape index (κ3) is 3.25. The van der Waals surface area contributed by atoms with E-state index in [9.17, 15) is 10.1 Å². The van der Waals surface area contributed by atoms with Crippen LogP contribution in [0.4, 0.5) is 5.69 Å². The van der Waals surface area contributed by atoms with Gasteiger partial charge in [-0.15, -0.1) is 0 Å².